The van der Waals surface area contributed by atoms with Gasteiger partial charge in [0.15, 0.2) is 0 Å². The maximum atomic E-state index is 11.5. The first kappa shape index (κ1) is 17.8. The number of carbonyl (C=O) groups is 1. The van der Waals surface area contributed by atoms with Crippen LogP contribution in [0.2, 0.25) is 0 Å². The average molecular weight is 352 g/mol. The summed E-state index contributed by atoms with van der Waals surface area (Å²) in [4.78, 5) is 12.9. The van der Waals surface area contributed by atoms with Crippen LogP contribution in [0.25, 0.3) is 11.6 Å². The Hall–Kier alpha value is -2.00. The molecule has 0 fully saturated rings. The molecule has 0 saturated carbocycles. The summed E-state index contributed by atoms with van der Waals surface area (Å²) in [6.45, 7) is 6.80. The summed E-state index contributed by atoms with van der Waals surface area (Å²) in [5.41, 5.74) is 5.82. The standard InChI is InChI=1S/C22H24O2S/c1-15(13-16-5-7-17(8-6-16)21(23)24-4)18-9-10-20-19(14-18)22(2,3)11-12-25-20/h5-10,13-14H,11-12H2,1-4H3/b15-13+. The highest BCUT2D eigenvalue weighted by molar-refractivity contribution is 7.99. The number of fused-ring (bicyclic) bond motifs is 1. The van der Waals surface area contributed by atoms with Crippen molar-refractivity contribution in [2.45, 2.75) is 37.5 Å². The average Bonchev–Trinajstić information content (AvgIpc) is 2.61. The minimum atomic E-state index is -0.304. The Morgan fingerprint density at radius 3 is 2.48 bits per heavy atom. The Kier molecular flexibility index (Phi) is 5.05. The molecular formula is C22H24O2S. The zero-order valence-corrected chi connectivity index (χ0v) is 16.1. The maximum absolute atomic E-state index is 11.5. The third kappa shape index (κ3) is 3.82. The van der Waals surface area contributed by atoms with Gasteiger partial charge < -0.3 is 4.74 Å². The largest absolute Gasteiger partial charge is 0.465 e. The summed E-state index contributed by atoms with van der Waals surface area (Å²) in [6.07, 6.45) is 3.37. The van der Waals surface area contributed by atoms with Gasteiger partial charge in [0.25, 0.3) is 0 Å². The van der Waals surface area contributed by atoms with Crippen molar-refractivity contribution >= 4 is 29.4 Å². The Morgan fingerprint density at radius 2 is 1.80 bits per heavy atom. The molecular weight excluding hydrogens is 328 g/mol. The van der Waals surface area contributed by atoms with Crippen molar-refractivity contribution in [3.63, 3.8) is 0 Å². The highest BCUT2D eigenvalue weighted by Gasteiger charge is 2.27. The van der Waals surface area contributed by atoms with Crippen LogP contribution >= 0.6 is 11.8 Å². The number of allylic oxidation sites excluding steroid dienone is 1. The highest BCUT2D eigenvalue weighted by Crippen LogP contribution is 2.42. The molecule has 0 radical (unpaired) electrons. The van der Waals surface area contributed by atoms with Gasteiger partial charge in [-0.1, -0.05) is 38.1 Å². The van der Waals surface area contributed by atoms with Crippen molar-refractivity contribution in [1.29, 1.82) is 0 Å². The Labute approximate surface area is 154 Å². The first-order chi connectivity index (χ1) is 11.9. The molecule has 0 aliphatic carbocycles. The number of thioether (sulfide) groups is 1. The normalized spacial score (nSPS) is 16.2. The summed E-state index contributed by atoms with van der Waals surface area (Å²) < 4.78 is 4.74. The Balaban J connectivity index is 1.89. The van der Waals surface area contributed by atoms with E-state index in [4.69, 9.17) is 4.74 Å². The quantitative estimate of drug-likeness (QED) is 0.515. The number of esters is 1. The van der Waals surface area contributed by atoms with Gasteiger partial charge in [0.05, 0.1) is 12.7 Å². The molecule has 130 valence electrons. The zero-order valence-electron chi connectivity index (χ0n) is 15.3. The second kappa shape index (κ2) is 7.09. The van der Waals surface area contributed by atoms with Crippen molar-refractivity contribution in [3.05, 3.63) is 64.7 Å². The van der Waals surface area contributed by atoms with E-state index in [-0.39, 0.29) is 11.4 Å². The molecule has 0 saturated heterocycles. The van der Waals surface area contributed by atoms with Crippen LogP contribution in [0, 0.1) is 0 Å². The third-order valence-electron chi connectivity index (χ3n) is 4.86. The van der Waals surface area contributed by atoms with Gasteiger partial charge in [-0.05, 0) is 71.0 Å². The van der Waals surface area contributed by atoms with Gasteiger partial charge in [0.1, 0.15) is 0 Å². The highest BCUT2D eigenvalue weighted by atomic mass is 32.2. The summed E-state index contributed by atoms with van der Waals surface area (Å²) in [5, 5.41) is 0. The van der Waals surface area contributed by atoms with Crippen LogP contribution in [0.1, 0.15) is 54.2 Å². The third-order valence-corrected chi connectivity index (χ3v) is 5.94. The minimum absolute atomic E-state index is 0.235. The van der Waals surface area contributed by atoms with Gasteiger partial charge in [-0.25, -0.2) is 4.79 Å². The number of rotatable bonds is 3. The SMILES string of the molecule is COC(=O)c1ccc(/C=C(\C)c2ccc3c(c2)C(C)(C)CCS3)cc1. The molecule has 0 N–H and O–H groups in total. The molecule has 2 nitrogen and oxygen atoms in total. The molecule has 0 unspecified atom stereocenters. The van der Waals surface area contributed by atoms with Crippen molar-refractivity contribution in [1.82, 2.24) is 0 Å². The van der Waals surface area contributed by atoms with E-state index in [1.54, 1.807) is 12.1 Å². The van der Waals surface area contributed by atoms with Crippen molar-refractivity contribution in [3.8, 4) is 0 Å². The van der Waals surface area contributed by atoms with E-state index in [1.165, 1.54) is 40.9 Å². The van der Waals surface area contributed by atoms with Gasteiger partial charge in [-0.2, -0.15) is 0 Å². The molecule has 2 aromatic rings. The fraction of sp³-hybridized carbons (Fsp3) is 0.318. The van der Waals surface area contributed by atoms with E-state index in [0.717, 1.165) is 5.56 Å². The number of ether oxygens (including phenoxy) is 1. The van der Waals surface area contributed by atoms with Gasteiger partial charge >= 0.3 is 5.97 Å². The molecule has 25 heavy (non-hydrogen) atoms. The Bertz CT molecular complexity index is 816. The summed E-state index contributed by atoms with van der Waals surface area (Å²) >= 11 is 1.96. The Morgan fingerprint density at radius 1 is 1.12 bits per heavy atom. The number of hydrogen-bond donors (Lipinski definition) is 0. The smallest absolute Gasteiger partial charge is 0.337 e. The van der Waals surface area contributed by atoms with Gasteiger partial charge in [-0.15, -0.1) is 11.8 Å². The number of carbonyl (C=O) groups excluding carboxylic acids is 1. The van der Waals surface area contributed by atoms with Gasteiger partial charge in [0.2, 0.25) is 0 Å². The van der Waals surface area contributed by atoms with Crippen molar-refractivity contribution < 1.29 is 9.53 Å². The first-order valence-electron chi connectivity index (χ1n) is 8.55. The lowest BCUT2D eigenvalue weighted by Gasteiger charge is -2.32. The van der Waals surface area contributed by atoms with Crippen molar-refractivity contribution in [2.75, 3.05) is 12.9 Å². The maximum Gasteiger partial charge on any atom is 0.337 e. The number of hydrogen-bond acceptors (Lipinski definition) is 3. The van der Waals surface area contributed by atoms with E-state index in [9.17, 15) is 4.79 Å². The van der Waals surface area contributed by atoms with Crippen LogP contribution in [-0.4, -0.2) is 18.8 Å². The first-order valence-corrected chi connectivity index (χ1v) is 9.54. The van der Waals surface area contributed by atoms with Gasteiger partial charge in [-0.3, -0.25) is 0 Å². The predicted molar refractivity (Wildman–Crippen MR) is 106 cm³/mol. The fourth-order valence-corrected chi connectivity index (χ4v) is 4.63. The molecule has 2 aromatic carbocycles. The molecule has 1 heterocycles. The lowest BCUT2D eigenvalue weighted by molar-refractivity contribution is 0.0600. The predicted octanol–water partition coefficient (Wildman–Crippen LogP) is 5.81. The molecule has 0 spiro atoms. The lowest BCUT2D eigenvalue weighted by Crippen LogP contribution is -2.22. The number of methoxy groups -OCH3 is 1. The second-order valence-corrected chi connectivity index (χ2v) is 8.27. The summed E-state index contributed by atoms with van der Waals surface area (Å²) in [6, 6.07) is 14.3. The topological polar surface area (TPSA) is 26.3 Å². The van der Waals surface area contributed by atoms with E-state index in [1.807, 2.05) is 23.9 Å². The van der Waals surface area contributed by atoms with Crippen LogP contribution in [0.4, 0.5) is 0 Å². The fourth-order valence-electron chi connectivity index (χ4n) is 3.15. The lowest BCUT2D eigenvalue weighted by atomic mass is 9.80. The van der Waals surface area contributed by atoms with Crippen LogP contribution < -0.4 is 0 Å². The van der Waals surface area contributed by atoms with E-state index >= 15 is 0 Å². The van der Waals surface area contributed by atoms with E-state index < -0.39 is 0 Å². The molecule has 3 rings (SSSR count). The molecule has 0 amide bonds. The van der Waals surface area contributed by atoms with E-state index in [2.05, 4.69) is 45.0 Å². The summed E-state index contributed by atoms with van der Waals surface area (Å²) in [5.74, 6) is 0.891. The molecule has 3 heteroatoms. The van der Waals surface area contributed by atoms with Crippen LogP contribution in [-0.2, 0) is 10.2 Å². The van der Waals surface area contributed by atoms with Gasteiger partial charge in [0, 0.05) is 4.90 Å². The molecule has 1 aliphatic heterocycles. The van der Waals surface area contributed by atoms with E-state index in [0.29, 0.717) is 5.56 Å². The van der Waals surface area contributed by atoms with Crippen LogP contribution in [0.5, 0.6) is 0 Å². The molecule has 1 aliphatic rings. The summed E-state index contributed by atoms with van der Waals surface area (Å²) in [7, 11) is 1.40. The molecule has 0 atom stereocenters. The molecule has 0 aromatic heterocycles. The monoisotopic (exact) mass is 352 g/mol. The molecule has 0 bridgehead atoms. The van der Waals surface area contributed by atoms with Crippen LogP contribution in [0.15, 0.2) is 47.4 Å². The van der Waals surface area contributed by atoms with Crippen molar-refractivity contribution in [2.24, 2.45) is 0 Å². The minimum Gasteiger partial charge on any atom is -0.465 e. The zero-order chi connectivity index (χ0) is 18.0. The number of benzene rings is 2. The van der Waals surface area contributed by atoms with Crippen LogP contribution in [0.3, 0.4) is 0 Å². The second-order valence-electron chi connectivity index (χ2n) is 7.13.